The van der Waals surface area contributed by atoms with Crippen molar-refractivity contribution in [1.82, 2.24) is 4.90 Å². The topological polar surface area (TPSA) is 93.9 Å². The molecule has 28 heavy (non-hydrogen) atoms. The molecule has 0 spiro atoms. The van der Waals surface area contributed by atoms with Gasteiger partial charge in [0.15, 0.2) is 11.5 Å². The number of hydrogen-bond acceptors (Lipinski definition) is 4. The van der Waals surface area contributed by atoms with Crippen LogP contribution in [0.25, 0.3) is 0 Å². The molecule has 146 valence electrons. The van der Waals surface area contributed by atoms with Crippen LogP contribution in [-0.4, -0.2) is 36.6 Å². The molecule has 0 radical (unpaired) electrons. The van der Waals surface area contributed by atoms with Gasteiger partial charge >= 0.3 is 6.03 Å². The molecule has 0 aliphatic carbocycles. The van der Waals surface area contributed by atoms with Gasteiger partial charge in [0.1, 0.15) is 0 Å². The van der Waals surface area contributed by atoms with E-state index < -0.39 is 6.03 Å². The van der Waals surface area contributed by atoms with E-state index in [0.717, 1.165) is 36.3 Å². The number of carbonyl (C=O) groups excluding carboxylic acids is 2. The highest BCUT2D eigenvalue weighted by atomic mass is 16.5. The molecular formula is C21H23N3O4. The molecule has 2 aromatic carbocycles. The number of urea groups is 1. The number of carbonyl (C=O) groups is 2. The predicted octanol–water partition coefficient (Wildman–Crippen LogP) is 3.32. The van der Waals surface area contributed by atoms with Gasteiger partial charge in [-0.1, -0.05) is 6.07 Å². The van der Waals surface area contributed by atoms with E-state index in [2.05, 4.69) is 5.32 Å². The first-order valence-electron chi connectivity index (χ1n) is 9.49. The Balaban J connectivity index is 1.54. The monoisotopic (exact) mass is 381 g/mol. The summed E-state index contributed by atoms with van der Waals surface area (Å²) < 4.78 is 11.5. The summed E-state index contributed by atoms with van der Waals surface area (Å²) >= 11 is 0. The van der Waals surface area contributed by atoms with Crippen molar-refractivity contribution in [2.24, 2.45) is 5.73 Å². The van der Waals surface area contributed by atoms with Gasteiger partial charge in [-0.3, -0.25) is 4.79 Å². The number of likely N-dealkylation sites (tertiary alicyclic amines) is 1. The standard InChI is InChI=1S/C21H23N3O4/c22-21(26)23-16-7-4-14(5-8-16)20(25)24-10-1-3-17(24)15-6-9-18-19(13-15)28-12-2-11-27-18/h4-9,13,17H,1-3,10-12H2,(H3,22,23,26)/t17-/m0/s1. The van der Waals surface area contributed by atoms with Crippen molar-refractivity contribution < 1.29 is 19.1 Å². The second-order valence-corrected chi connectivity index (χ2v) is 6.98. The van der Waals surface area contributed by atoms with E-state index in [4.69, 9.17) is 15.2 Å². The Hall–Kier alpha value is -3.22. The number of nitrogens with one attached hydrogen (secondary N) is 1. The smallest absolute Gasteiger partial charge is 0.316 e. The van der Waals surface area contributed by atoms with Crippen LogP contribution in [0.4, 0.5) is 10.5 Å². The average Bonchev–Trinajstić information content (AvgIpc) is 3.06. The summed E-state index contributed by atoms with van der Waals surface area (Å²) in [6, 6.07) is 12.1. The third-order valence-corrected chi connectivity index (χ3v) is 5.07. The van der Waals surface area contributed by atoms with Gasteiger partial charge in [0, 0.05) is 24.2 Å². The van der Waals surface area contributed by atoms with Crippen LogP contribution in [0.15, 0.2) is 42.5 Å². The molecule has 1 saturated heterocycles. The fraction of sp³-hybridized carbons (Fsp3) is 0.333. The second-order valence-electron chi connectivity index (χ2n) is 6.98. The Kier molecular flexibility index (Phi) is 5.06. The Morgan fingerprint density at radius 1 is 1.00 bits per heavy atom. The predicted molar refractivity (Wildman–Crippen MR) is 105 cm³/mol. The molecule has 7 heteroatoms. The lowest BCUT2D eigenvalue weighted by Gasteiger charge is -2.26. The number of amides is 3. The first-order chi connectivity index (χ1) is 13.6. The third kappa shape index (κ3) is 3.74. The van der Waals surface area contributed by atoms with E-state index in [-0.39, 0.29) is 11.9 Å². The molecule has 0 unspecified atom stereocenters. The lowest BCUT2D eigenvalue weighted by atomic mass is 10.0. The van der Waals surface area contributed by atoms with Crippen LogP contribution in [0.2, 0.25) is 0 Å². The molecule has 2 heterocycles. The van der Waals surface area contributed by atoms with Crippen molar-refractivity contribution in [3.05, 3.63) is 53.6 Å². The quantitative estimate of drug-likeness (QED) is 0.853. The van der Waals surface area contributed by atoms with E-state index in [1.807, 2.05) is 23.1 Å². The maximum atomic E-state index is 13.1. The van der Waals surface area contributed by atoms with Crippen LogP contribution in [0, 0.1) is 0 Å². The molecule has 3 amide bonds. The second kappa shape index (κ2) is 7.80. The van der Waals surface area contributed by atoms with Crippen LogP contribution >= 0.6 is 0 Å². The number of fused-ring (bicyclic) bond motifs is 1. The van der Waals surface area contributed by atoms with Crippen LogP contribution in [0.3, 0.4) is 0 Å². The van der Waals surface area contributed by atoms with Crippen molar-refractivity contribution in [2.45, 2.75) is 25.3 Å². The van der Waals surface area contributed by atoms with Gasteiger partial charge in [-0.05, 0) is 54.8 Å². The van der Waals surface area contributed by atoms with Crippen molar-refractivity contribution in [3.63, 3.8) is 0 Å². The molecule has 7 nitrogen and oxygen atoms in total. The molecule has 4 rings (SSSR count). The molecular weight excluding hydrogens is 358 g/mol. The van der Waals surface area contributed by atoms with Gasteiger partial charge < -0.3 is 25.4 Å². The third-order valence-electron chi connectivity index (χ3n) is 5.07. The largest absolute Gasteiger partial charge is 0.490 e. The summed E-state index contributed by atoms with van der Waals surface area (Å²) in [6.45, 7) is 2.00. The highest BCUT2D eigenvalue weighted by Gasteiger charge is 2.31. The number of rotatable bonds is 3. The van der Waals surface area contributed by atoms with E-state index >= 15 is 0 Å². The molecule has 2 aromatic rings. The fourth-order valence-electron chi connectivity index (χ4n) is 3.75. The summed E-state index contributed by atoms with van der Waals surface area (Å²) in [7, 11) is 0. The lowest BCUT2D eigenvalue weighted by Crippen LogP contribution is -2.30. The molecule has 0 bridgehead atoms. The van der Waals surface area contributed by atoms with Gasteiger partial charge in [0.25, 0.3) is 5.91 Å². The van der Waals surface area contributed by atoms with Gasteiger partial charge in [-0.15, -0.1) is 0 Å². The number of nitrogens with zero attached hydrogens (tertiary/aromatic N) is 1. The summed E-state index contributed by atoms with van der Waals surface area (Å²) in [5.41, 5.74) is 7.32. The van der Waals surface area contributed by atoms with Gasteiger partial charge in [0.2, 0.25) is 0 Å². The van der Waals surface area contributed by atoms with Crippen LogP contribution in [-0.2, 0) is 0 Å². The molecule has 0 saturated carbocycles. The summed E-state index contributed by atoms with van der Waals surface area (Å²) in [5.74, 6) is 1.48. The van der Waals surface area contributed by atoms with Crippen LogP contribution in [0.5, 0.6) is 11.5 Å². The lowest BCUT2D eigenvalue weighted by molar-refractivity contribution is 0.0735. The van der Waals surface area contributed by atoms with Crippen molar-refractivity contribution in [2.75, 3.05) is 25.1 Å². The fourth-order valence-corrected chi connectivity index (χ4v) is 3.75. The van der Waals surface area contributed by atoms with Gasteiger partial charge in [0.05, 0.1) is 19.3 Å². The number of hydrogen-bond donors (Lipinski definition) is 2. The van der Waals surface area contributed by atoms with Crippen molar-refractivity contribution >= 4 is 17.6 Å². The molecule has 1 atom stereocenters. The number of nitrogens with two attached hydrogens (primary N) is 1. The molecule has 2 aliphatic heterocycles. The first-order valence-corrected chi connectivity index (χ1v) is 9.49. The summed E-state index contributed by atoms with van der Waals surface area (Å²) in [5, 5.41) is 2.50. The molecule has 1 fully saturated rings. The zero-order chi connectivity index (χ0) is 19.5. The number of ether oxygens (including phenoxy) is 2. The van der Waals surface area contributed by atoms with E-state index in [9.17, 15) is 9.59 Å². The number of primary amides is 1. The Morgan fingerprint density at radius 2 is 1.75 bits per heavy atom. The molecule has 3 N–H and O–H groups in total. The first kappa shape index (κ1) is 18.2. The van der Waals surface area contributed by atoms with Gasteiger partial charge in [-0.2, -0.15) is 0 Å². The highest BCUT2D eigenvalue weighted by molar-refractivity contribution is 5.95. The van der Waals surface area contributed by atoms with E-state index in [1.165, 1.54) is 0 Å². The van der Waals surface area contributed by atoms with E-state index in [1.54, 1.807) is 24.3 Å². The maximum absolute atomic E-state index is 13.1. The summed E-state index contributed by atoms with van der Waals surface area (Å²) in [6.07, 6.45) is 2.72. The maximum Gasteiger partial charge on any atom is 0.316 e. The normalized spacial score (nSPS) is 18.4. The van der Waals surface area contributed by atoms with Crippen molar-refractivity contribution in [3.8, 4) is 11.5 Å². The SMILES string of the molecule is NC(=O)Nc1ccc(C(=O)N2CCC[C@H]2c2ccc3c(c2)OCCCO3)cc1. The molecule has 0 aromatic heterocycles. The molecule has 2 aliphatic rings. The Morgan fingerprint density at radius 3 is 2.50 bits per heavy atom. The van der Waals surface area contributed by atoms with Crippen LogP contribution in [0.1, 0.15) is 41.2 Å². The minimum Gasteiger partial charge on any atom is -0.490 e. The van der Waals surface area contributed by atoms with Gasteiger partial charge in [-0.25, -0.2) is 4.79 Å². The number of anilines is 1. The minimum absolute atomic E-state index is 0.00748. The average molecular weight is 381 g/mol. The zero-order valence-corrected chi connectivity index (χ0v) is 15.5. The zero-order valence-electron chi connectivity index (χ0n) is 15.5. The van der Waals surface area contributed by atoms with Crippen LogP contribution < -0.4 is 20.5 Å². The highest BCUT2D eigenvalue weighted by Crippen LogP contribution is 2.38. The van der Waals surface area contributed by atoms with Crippen molar-refractivity contribution in [1.29, 1.82) is 0 Å². The minimum atomic E-state index is -0.631. The summed E-state index contributed by atoms with van der Waals surface area (Å²) in [4.78, 5) is 25.9. The Labute approximate surface area is 163 Å². The van der Waals surface area contributed by atoms with E-state index in [0.29, 0.717) is 31.0 Å². The Bertz CT molecular complexity index is 882. The number of benzene rings is 2.